The molecule has 0 bridgehead atoms. The van der Waals surface area contributed by atoms with Gasteiger partial charge in [0.2, 0.25) is 5.60 Å². The van der Waals surface area contributed by atoms with Crippen LogP contribution in [0.5, 0.6) is 5.75 Å². The lowest BCUT2D eigenvalue weighted by atomic mass is 9.90. The van der Waals surface area contributed by atoms with Crippen LogP contribution in [0.1, 0.15) is 22.8 Å². The van der Waals surface area contributed by atoms with Crippen LogP contribution >= 0.6 is 11.6 Å². The van der Waals surface area contributed by atoms with E-state index >= 15 is 0 Å². The number of fused-ring (bicyclic) bond motifs is 1. The molecule has 0 N–H and O–H groups in total. The fraction of sp³-hybridized carbons (Fsp3) is 0.176. The van der Waals surface area contributed by atoms with Gasteiger partial charge in [-0.15, -0.1) is 0 Å². The van der Waals surface area contributed by atoms with E-state index in [4.69, 9.17) is 21.1 Å². The summed E-state index contributed by atoms with van der Waals surface area (Å²) in [5.74, 6) is -0.777. The average Bonchev–Trinajstić information content (AvgIpc) is 2.49. The highest BCUT2D eigenvalue weighted by atomic mass is 35.5. The molecular formula is C17H13ClO4. The van der Waals surface area contributed by atoms with Crippen molar-refractivity contribution in [2.45, 2.75) is 18.9 Å². The first kappa shape index (κ1) is 14.6. The molecule has 0 saturated heterocycles. The first-order valence-corrected chi connectivity index (χ1v) is 7.15. The van der Waals surface area contributed by atoms with Crippen molar-refractivity contribution in [3.05, 3.63) is 64.7 Å². The molecule has 0 amide bonds. The predicted molar refractivity (Wildman–Crippen MR) is 81.1 cm³/mol. The van der Waals surface area contributed by atoms with Crippen molar-refractivity contribution < 1.29 is 19.1 Å². The molecule has 4 nitrogen and oxygen atoms in total. The van der Waals surface area contributed by atoms with Gasteiger partial charge in [0.1, 0.15) is 5.75 Å². The van der Waals surface area contributed by atoms with Crippen molar-refractivity contribution in [1.29, 1.82) is 0 Å². The Balaban J connectivity index is 1.83. The number of carbonyl (C=O) groups excluding carboxylic acids is 2. The zero-order valence-electron chi connectivity index (χ0n) is 11.8. The molecule has 1 atom stereocenters. The zero-order chi connectivity index (χ0) is 15.7. The predicted octanol–water partition coefficient (Wildman–Crippen LogP) is 3.42. The minimum Gasteiger partial charge on any atom is -0.443 e. The Morgan fingerprint density at radius 3 is 2.59 bits per heavy atom. The molecule has 0 unspecified atom stereocenters. The highest BCUT2D eigenvalue weighted by Crippen LogP contribution is 2.29. The van der Waals surface area contributed by atoms with Crippen molar-refractivity contribution in [3.8, 4) is 5.75 Å². The Morgan fingerprint density at radius 1 is 1.18 bits per heavy atom. The SMILES string of the molecule is C[C@]1(C(=O)Oc2ccc(Cl)cc2)Cc2ccccc2C(=O)O1. The smallest absolute Gasteiger partial charge is 0.356 e. The second-order valence-corrected chi connectivity index (χ2v) is 5.73. The monoisotopic (exact) mass is 316 g/mol. The Labute approximate surface area is 132 Å². The van der Waals surface area contributed by atoms with Crippen molar-refractivity contribution in [1.82, 2.24) is 0 Å². The fourth-order valence-corrected chi connectivity index (χ4v) is 2.49. The summed E-state index contributed by atoms with van der Waals surface area (Å²) in [4.78, 5) is 24.5. The molecule has 0 fully saturated rings. The van der Waals surface area contributed by atoms with Gasteiger partial charge in [-0.1, -0.05) is 29.8 Å². The van der Waals surface area contributed by atoms with Crippen LogP contribution in [-0.4, -0.2) is 17.5 Å². The molecule has 2 aromatic carbocycles. The summed E-state index contributed by atoms with van der Waals surface area (Å²) in [7, 11) is 0. The Hall–Kier alpha value is -2.33. The summed E-state index contributed by atoms with van der Waals surface area (Å²) in [6.07, 6.45) is 0.279. The maximum atomic E-state index is 12.4. The van der Waals surface area contributed by atoms with Gasteiger partial charge in [-0.05, 0) is 42.8 Å². The van der Waals surface area contributed by atoms with E-state index in [0.717, 1.165) is 5.56 Å². The Bertz CT molecular complexity index is 739. The van der Waals surface area contributed by atoms with E-state index in [2.05, 4.69) is 0 Å². The number of carbonyl (C=O) groups is 2. The summed E-state index contributed by atoms with van der Waals surface area (Å²) in [5, 5.41) is 0.545. The third-order valence-electron chi connectivity index (χ3n) is 3.54. The van der Waals surface area contributed by atoms with Crippen LogP contribution in [0.3, 0.4) is 0 Å². The third-order valence-corrected chi connectivity index (χ3v) is 3.79. The molecule has 2 aromatic rings. The van der Waals surface area contributed by atoms with Gasteiger partial charge in [-0.25, -0.2) is 9.59 Å². The van der Waals surface area contributed by atoms with Gasteiger partial charge in [0.15, 0.2) is 0 Å². The van der Waals surface area contributed by atoms with Crippen LogP contribution in [0, 0.1) is 0 Å². The second kappa shape index (κ2) is 5.46. The molecule has 0 aliphatic carbocycles. The number of hydrogen-bond donors (Lipinski definition) is 0. The average molecular weight is 317 g/mol. The maximum absolute atomic E-state index is 12.4. The maximum Gasteiger partial charge on any atom is 0.356 e. The zero-order valence-corrected chi connectivity index (χ0v) is 12.6. The number of rotatable bonds is 2. The van der Waals surface area contributed by atoms with E-state index in [1.54, 1.807) is 43.3 Å². The van der Waals surface area contributed by atoms with Crippen LogP contribution in [0.25, 0.3) is 0 Å². The molecule has 0 radical (unpaired) electrons. The molecule has 3 rings (SSSR count). The van der Waals surface area contributed by atoms with E-state index in [-0.39, 0.29) is 6.42 Å². The van der Waals surface area contributed by atoms with Crippen LogP contribution in [0.2, 0.25) is 5.02 Å². The minimum absolute atomic E-state index is 0.279. The summed E-state index contributed by atoms with van der Waals surface area (Å²) < 4.78 is 10.6. The van der Waals surface area contributed by atoms with Crippen molar-refractivity contribution >= 4 is 23.5 Å². The van der Waals surface area contributed by atoms with Crippen molar-refractivity contribution in [2.75, 3.05) is 0 Å². The highest BCUT2D eigenvalue weighted by molar-refractivity contribution is 6.30. The van der Waals surface area contributed by atoms with Gasteiger partial charge >= 0.3 is 11.9 Å². The fourth-order valence-electron chi connectivity index (χ4n) is 2.36. The lowest BCUT2D eigenvalue weighted by Gasteiger charge is -2.32. The second-order valence-electron chi connectivity index (χ2n) is 5.30. The van der Waals surface area contributed by atoms with E-state index in [1.165, 1.54) is 0 Å². The number of ether oxygens (including phenoxy) is 2. The normalized spacial score (nSPS) is 20.0. The van der Waals surface area contributed by atoms with E-state index < -0.39 is 17.5 Å². The van der Waals surface area contributed by atoms with Crippen LogP contribution in [0.15, 0.2) is 48.5 Å². The Kier molecular flexibility index (Phi) is 3.62. The van der Waals surface area contributed by atoms with E-state index in [9.17, 15) is 9.59 Å². The number of esters is 2. The number of cyclic esters (lactones) is 1. The van der Waals surface area contributed by atoms with Gasteiger partial charge in [-0.3, -0.25) is 0 Å². The molecule has 0 saturated carbocycles. The third kappa shape index (κ3) is 2.70. The largest absolute Gasteiger partial charge is 0.443 e. The molecule has 1 heterocycles. The first-order chi connectivity index (χ1) is 10.5. The van der Waals surface area contributed by atoms with Gasteiger partial charge in [0, 0.05) is 11.4 Å². The quantitative estimate of drug-likeness (QED) is 0.629. The molecule has 22 heavy (non-hydrogen) atoms. The summed E-state index contributed by atoms with van der Waals surface area (Å²) in [5.41, 5.74) is -0.0843. The molecule has 0 spiro atoms. The highest BCUT2D eigenvalue weighted by Gasteiger charge is 2.44. The van der Waals surface area contributed by atoms with Gasteiger partial charge < -0.3 is 9.47 Å². The Morgan fingerprint density at radius 2 is 1.86 bits per heavy atom. The summed E-state index contributed by atoms with van der Waals surface area (Å²) in [6, 6.07) is 13.5. The van der Waals surface area contributed by atoms with Crippen LogP contribution in [0.4, 0.5) is 0 Å². The van der Waals surface area contributed by atoms with E-state index in [1.807, 2.05) is 12.1 Å². The summed E-state index contributed by atoms with van der Waals surface area (Å²) in [6.45, 7) is 1.55. The van der Waals surface area contributed by atoms with Crippen LogP contribution < -0.4 is 4.74 Å². The first-order valence-electron chi connectivity index (χ1n) is 6.77. The number of halogens is 1. The minimum atomic E-state index is -1.34. The molecular weight excluding hydrogens is 304 g/mol. The molecule has 0 aromatic heterocycles. The number of benzene rings is 2. The molecule has 5 heteroatoms. The standard InChI is InChI=1S/C17H13ClO4/c1-17(16(20)21-13-8-6-12(18)7-9-13)10-11-4-2-3-5-14(11)15(19)22-17/h2-9H,10H2,1H3/t17-/m1/s1. The van der Waals surface area contributed by atoms with Crippen molar-refractivity contribution in [3.63, 3.8) is 0 Å². The molecule has 112 valence electrons. The summed E-state index contributed by atoms with van der Waals surface area (Å²) >= 11 is 5.79. The van der Waals surface area contributed by atoms with E-state index in [0.29, 0.717) is 16.3 Å². The molecule has 1 aliphatic heterocycles. The van der Waals surface area contributed by atoms with Gasteiger partial charge in [0.05, 0.1) is 5.56 Å². The topological polar surface area (TPSA) is 52.6 Å². The molecule has 1 aliphatic rings. The van der Waals surface area contributed by atoms with Crippen LogP contribution in [-0.2, 0) is 16.0 Å². The lowest BCUT2D eigenvalue weighted by molar-refractivity contribution is -0.155. The van der Waals surface area contributed by atoms with Crippen molar-refractivity contribution in [2.24, 2.45) is 0 Å². The van der Waals surface area contributed by atoms with Gasteiger partial charge in [0.25, 0.3) is 0 Å². The number of hydrogen-bond acceptors (Lipinski definition) is 4. The lowest BCUT2D eigenvalue weighted by Crippen LogP contribution is -2.48. The van der Waals surface area contributed by atoms with Gasteiger partial charge in [-0.2, -0.15) is 0 Å².